The lowest BCUT2D eigenvalue weighted by atomic mass is 9.88. The number of fused-ring (bicyclic) bond motifs is 3. The minimum absolute atomic E-state index is 0.0348. The van der Waals surface area contributed by atoms with Crippen LogP contribution in [0.2, 0.25) is 0 Å². The van der Waals surface area contributed by atoms with E-state index in [0.717, 1.165) is 22.2 Å². The number of aromatic amines is 1. The van der Waals surface area contributed by atoms with Crippen LogP contribution < -0.4 is 10.9 Å². The molecule has 1 unspecified atom stereocenters. The van der Waals surface area contributed by atoms with E-state index in [-0.39, 0.29) is 17.0 Å². The van der Waals surface area contributed by atoms with Crippen molar-refractivity contribution in [1.29, 1.82) is 0 Å². The van der Waals surface area contributed by atoms with Gasteiger partial charge in [0.15, 0.2) is 0 Å². The van der Waals surface area contributed by atoms with Crippen molar-refractivity contribution in [3.8, 4) is 11.8 Å². The third-order valence-corrected chi connectivity index (χ3v) is 5.29. The molecular formula is C24H23N5O. The molecule has 0 radical (unpaired) electrons. The number of nitrogens with zero attached hydrogens (tertiary/aromatic N) is 3. The Morgan fingerprint density at radius 1 is 1.07 bits per heavy atom. The lowest BCUT2D eigenvalue weighted by Gasteiger charge is -2.29. The first-order chi connectivity index (χ1) is 14.3. The first-order valence-corrected chi connectivity index (χ1v) is 9.82. The van der Waals surface area contributed by atoms with Gasteiger partial charge in [0.05, 0.1) is 16.5 Å². The molecule has 4 aromatic rings. The Morgan fingerprint density at radius 3 is 2.60 bits per heavy atom. The molecule has 0 saturated heterocycles. The molecule has 0 amide bonds. The monoisotopic (exact) mass is 397 g/mol. The molecule has 2 N–H and O–H groups in total. The molecule has 0 saturated carbocycles. The normalized spacial score (nSPS) is 12.4. The van der Waals surface area contributed by atoms with Crippen LogP contribution in [0, 0.1) is 17.3 Å². The SMILES string of the molecule is CC(Nc1nc2c(C#Cc3cccnc3)c[nH]c(=O)c2c2cnccc12)C(C)(C)C. The van der Waals surface area contributed by atoms with Crippen LogP contribution in [0.1, 0.15) is 38.8 Å². The second kappa shape index (κ2) is 7.60. The Bertz CT molecular complexity index is 1340. The highest BCUT2D eigenvalue weighted by atomic mass is 16.1. The predicted molar refractivity (Wildman–Crippen MR) is 120 cm³/mol. The van der Waals surface area contributed by atoms with E-state index in [0.29, 0.717) is 16.5 Å². The van der Waals surface area contributed by atoms with Crippen LogP contribution in [0.15, 0.2) is 54.0 Å². The maximum atomic E-state index is 12.7. The van der Waals surface area contributed by atoms with E-state index in [9.17, 15) is 4.79 Å². The lowest BCUT2D eigenvalue weighted by Crippen LogP contribution is -2.31. The number of hydrogen-bond acceptors (Lipinski definition) is 5. The van der Waals surface area contributed by atoms with Gasteiger partial charge in [0, 0.05) is 53.4 Å². The fraction of sp³-hybridized carbons (Fsp3) is 0.250. The van der Waals surface area contributed by atoms with Crippen molar-refractivity contribution in [2.75, 3.05) is 5.32 Å². The molecule has 0 fully saturated rings. The van der Waals surface area contributed by atoms with E-state index >= 15 is 0 Å². The average molecular weight is 397 g/mol. The summed E-state index contributed by atoms with van der Waals surface area (Å²) in [6.07, 6.45) is 8.43. The number of nitrogens with one attached hydrogen (secondary N) is 2. The standard InChI is InChI=1S/C24H23N5O/c1-15(24(2,3)4)28-22-18-9-11-26-14-19(18)20-21(29-22)17(13-27-23(20)30)8-7-16-6-5-10-25-12-16/h5-6,9-15H,1-4H3,(H,27,30)(H,28,29). The molecule has 0 spiro atoms. The average Bonchev–Trinajstić information content (AvgIpc) is 2.73. The topological polar surface area (TPSA) is 83.6 Å². The third-order valence-electron chi connectivity index (χ3n) is 5.29. The minimum atomic E-state index is -0.210. The van der Waals surface area contributed by atoms with Gasteiger partial charge in [-0.3, -0.25) is 14.8 Å². The maximum absolute atomic E-state index is 12.7. The molecule has 0 aromatic carbocycles. The molecular weight excluding hydrogens is 374 g/mol. The third kappa shape index (κ3) is 3.74. The highest BCUT2D eigenvalue weighted by Crippen LogP contribution is 2.30. The van der Waals surface area contributed by atoms with Crippen LogP contribution in [0.4, 0.5) is 5.82 Å². The zero-order chi connectivity index (χ0) is 21.3. The fourth-order valence-electron chi connectivity index (χ4n) is 3.06. The zero-order valence-electron chi connectivity index (χ0n) is 17.4. The number of H-pyrrole nitrogens is 1. The van der Waals surface area contributed by atoms with Crippen molar-refractivity contribution < 1.29 is 0 Å². The summed E-state index contributed by atoms with van der Waals surface area (Å²) in [5.41, 5.74) is 1.81. The number of aromatic nitrogens is 4. The second-order valence-corrected chi connectivity index (χ2v) is 8.36. The first kappa shape index (κ1) is 19.6. The van der Waals surface area contributed by atoms with Crippen LogP contribution in [-0.4, -0.2) is 26.0 Å². The number of hydrogen-bond donors (Lipinski definition) is 2. The van der Waals surface area contributed by atoms with Crippen molar-refractivity contribution >= 4 is 27.5 Å². The molecule has 150 valence electrons. The van der Waals surface area contributed by atoms with Gasteiger partial charge in [-0.1, -0.05) is 32.6 Å². The summed E-state index contributed by atoms with van der Waals surface area (Å²) >= 11 is 0. The largest absolute Gasteiger partial charge is 0.367 e. The van der Waals surface area contributed by atoms with Crippen molar-refractivity contribution in [2.45, 2.75) is 33.7 Å². The summed E-state index contributed by atoms with van der Waals surface area (Å²) in [7, 11) is 0. The lowest BCUT2D eigenvalue weighted by molar-refractivity contribution is 0.359. The molecule has 0 aliphatic rings. The van der Waals surface area contributed by atoms with Gasteiger partial charge in [0.2, 0.25) is 0 Å². The molecule has 4 heterocycles. The predicted octanol–water partition coefficient (Wildman–Crippen LogP) is 4.11. The Kier molecular flexibility index (Phi) is 4.96. The van der Waals surface area contributed by atoms with Gasteiger partial charge in [0.1, 0.15) is 5.82 Å². The van der Waals surface area contributed by atoms with Crippen molar-refractivity contribution in [3.05, 3.63) is 70.7 Å². The molecule has 0 aliphatic carbocycles. The summed E-state index contributed by atoms with van der Waals surface area (Å²) in [5.74, 6) is 6.95. The van der Waals surface area contributed by atoms with Crippen molar-refractivity contribution in [1.82, 2.24) is 19.9 Å². The molecule has 6 nitrogen and oxygen atoms in total. The second-order valence-electron chi connectivity index (χ2n) is 8.36. The quantitative estimate of drug-likeness (QED) is 0.393. The number of rotatable bonds is 2. The fourth-order valence-corrected chi connectivity index (χ4v) is 3.06. The van der Waals surface area contributed by atoms with E-state index in [1.807, 2.05) is 18.2 Å². The molecule has 4 aromatic heterocycles. The molecule has 30 heavy (non-hydrogen) atoms. The summed E-state index contributed by atoms with van der Waals surface area (Å²) in [5, 5.41) is 5.62. The van der Waals surface area contributed by atoms with E-state index in [1.54, 1.807) is 31.0 Å². The van der Waals surface area contributed by atoms with E-state index in [1.165, 1.54) is 0 Å². The Morgan fingerprint density at radius 2 is 1.87 bits per heavy atom. The van der Waals surface area contributed by atoms with Crippen LogP contribution in [-0.2, 0) is 0 Å². The smallest absolute Gasteiger partial charge is 0.258 e. The van der Waals surface area contributed by atoms with Gasteiger partial charge in [-0.15, -0.1) is 0 Å². The summed E-state index contributed by atoms with van der Waals surface area (Å²) < 4.78 is 0. The molecule has 4 rings (SSSR count). The van der Waals surface area contributed by atoms with E-state index < -0.39 is 0 Å². The van der Waals surface area contributed by atoms with Crippen molar-refractivity contribution in [3.63, 3.8) is 0 Å². The highest BCUT2D eigenvalue weighted by Gasteiger charge is 2.22. The Labute approximate surface area is 174 Å². The molecule has 0 bridgehead atoms. The van der Waals surface area contributed by atoms with Crippen LogP contribution in [0.3, 0.4) is 0 Å². The van der Waals surface area contributed by atoms with Gasteiger partial charge in [-0.25, -0.2) is 4.98 Å². The van der Waals surface area contributed by atoms with Gasteiger partial charge >= 0.3 is 0 Å². The van der Waals surface area contributed by atoms with Gasteiger partial charge in [-0.2, -0.15) is 0 Å². The van der Waals surface area contributed by atoms with Crippen LogP contribution >= 0.6 is 0 Å². The summed E-state index contributed by atoms with van der Waals surface area (Å²) in [6, 6.07) is 5.76. The van der Waals surface area contributed by atoms with Gasteiger partial charge in [0.25, 0.3) is 5.56 Å². The van der Waals surface area contributed by atoms with Crippen LogP contribution in [0.5, 0.6) is 0 Å². The Hall–Kier alpha value is -3.72. The van der Waals surface area contributed by atoms with Gasteiger partial charge in [-0.05, 0) is 30.5 Å². The number of pyridine rings is 4. The first-order valence-electron chi connectivity index (χ1n) is 9.82. The maximum Gasteiger partial charge on any atom is 0.258 e. The van der Waals surface area contributed by atoms with E-state index in [4.69, 9.17) is 4.98 Å². The highest BCUT2D eigenvalue weighted by molar-refractivity contribution is 6.10. The number of anilines is 1. The molecule has 1 atom stereocenters. The zero-order valence-corrected chi connectivity index (χ0v) is 17.4. The molecule has 6 heteroatoms. The Balaban J connectivity index is 1.97. The van der Waals surface area contributed by atoms with Gasteiger partial charge < -0.3 is 10.3 Å². The summed E-state index contributed by atoms with van der Waals surface area (Å²) in [6.45, 7) is 8.64. The summed E-state index contributed by atoms with van der Waals surface area (Å²) in [4.78, 5) is 28.7. The van der Waals surface area contributed by atoms with Crippen LogP contribution in [0.25, 0.3) is 21.7 Å². The molecule has 0 aliphatic heterocycles. The minimum Gasteiger partial charge on any atom is -0.367 e. The van der Waals surface area contributed by atoms with Crippen molar-refractivity contribution in [2.24, 2.45) is 5.41 Å². The van der Waals surface area contributed by atoms with E-state index in [2.05, 4.69) is 59.8 Å².